The molecule has 3 heterocycles. The molecule has 11 nitrogen and oxygen atoms in total. The summed E-state index contributed by atoms with van der Waals surface area (Å²) in [5.41, 5.74) is 5.30. The summed E-state index contributed by atoms with van der Waals surface area (Å²) in [6.07, 6.45) is 6.29. The first kappa shape index (κ1) is 29.2. The van der Waals surface area contributed by atoms with E-state index in [4.69, 9.17) is 38.4 Å². The highest BCUT2D eigenvalue weighted by Gasteiger charge is 2.32. The number of aromatic nitrogens is 3. The molecule has 3 aromatic rings. The quantitative estimate of drug-likeness (QED) is 0.412. The van der Waals surface area contributed by atoms with Crippen molar-refractivity contribution in [2.24, 2.45) is 0 Å². The summed E-state index contributed by atoms with van der Waals surface area (Å²) >= 11 is 12.7. The van der Waals surface area contributed by atoms with Crippen LogP contribution < -0.4 is 21.3 Å². The first-order valence-electron chi connectivity index (χ1n) is 12.6. The van der Waals surface area contributed by atoms with E-state index in [-0.39, 0.29) is 27.6 Å². The monoisotopic (exact) mass is 588 g/mol. The molecule has 40 heavy (non-hydrogen) atoms. The van der Waals surface area contributed by atoms with Crippen molar-refractivity contribution in [2.45, 2.75) is 51.7 Å². The van der Waals surface area contributed by atoms with Gasteiger partial charge in [-0.05, 0) is 51.7 Å². The molecule has 0 aliphatic carbocycles. The maximum absolute atomic E-state index is 13.4. The summed E-state index contributed by atoms with van der Waals surface area (Å²) in [5, 5.41) is 2.90. The van der Waals surface area contributed by atoms with E-state index >= 15 is 0 Å². The highest BCUT2D eigenvalue weighted by atomic mass is 35.5. The Labute approximate surface area is 241 Å². The van der Waals surface area contributed by atoms with E-state index in [0.29, 0.717) is 24.4 Å². The highest BCUT2D eigenvalue weighted by Crippen LogP contribution is 2.34. The normalized spacial score (nSPS) is 15.4. The average molecular weight is 589 g/mol. The van der Waals surface area contributed by atoms with Crippen LogP contribution in [0.25, 0.3) is 5.69 Å². The zero-order chi connectivity index (χ0) is 29.2. The molecule has 0 unspecified atom stereocenters. The van der Waals surface area contributed by atoms with Gasteiger partial charge in [0.05, 0.1) is 40.8 Å². The Kier molecular flexibility index (Phi) is 8.55. The van der Waals surface area contributed by atoms with Gasteiger partial charge in [-0.25, -0.2) is 9.78 Å². The Morgan fingerprint density at radius 1 is 1.12 bits per heavy atom. The molecule has 1 fully saturated rings. The van der Waals surface area contributed by atoms with Crippen LogP contribution in [0.3, 0.4) is 0 Å². The average Bonchev–Trinajstić information content (AvgIpc) is 2.88. The van der Waals surface area contributed by atoms with Gasteiger partial charge in [-0.2, -0.15) is 0 Å². The highest BCUT2D eigenvalue weighted by molar-refractivity contribution is 6.38. The smallest absolute Gasteiger partial charge is 0.410 e. The number of amides is 2. The number of hydrogen-bond donors (Lipinski definition) is 2. The number of nitrogens with one attached hydrogen (secondary N) is 1. The number of nitrogens with two attached hydrogens (primary N) is 1. The molecule has 1 aliphatic rings. The zero-order valence-corrected chi connectivity index (χ0v) is 24.0. The second-order valence-electron chi connectivity index (χ2n) is 10.3. The number of methoxy groups -OCH3 is 1. The largest absolute Gasteiger partial charge is 0.497 e. The first-order chi connectivity index (χ1) is 18.9. The Balaban J connectivity index is 1.63. The summed E-state index contributed by atoms with van der Waals surface area (Å²) in [5.74, 6) is -0.674. The van der Waals surface area contributed by atoms with E-state index < -0.39 is 28.7 Å². The van der Waals surface area contributed by atoms with Crippen molar-refractivity contribution < 1.29 is 19.1 Å². The molecule has 2 aromatic heterocycles. The number of carbonyl (C=O) groups excluding carboxylic acids is 2. The van der Waals surface area contributed by atoms with Crippen molar-refractivity contribution in [1.82, 2.24) is 19.4 Å². The third-order valence-electron chi connectivity index (χ3n) is 6.23. The molecule has 212 valence electrons. The summed E-state index contributed by atoms with van der Waals surface area (Å²) in [6, 6.07) is 4.39. The molecule has 0 radical (unpaired) electrons. The molecular weight excluding hydrogens is 559 g/mol. The predicted octanol–water partition coefficient (Wildman–Crippen LogP) is 5.24. The van der Waals surface area contributed by atoms with Gasteiger partial charge in [-0.15, -0.1) is 0 Å². The number of pyridine rings is 1. The van der Waals surface area contributed by atoms with E-state index in [1.807, 2.05) is 20.8 Å². The number of benzene rings is 1. The number of likely N-dealkylation sites (tertiary alicyclic amines) is 1. The Morgan fingerprint density at radius 2 is 1.82 bits per heavy atom. The van der Waals surface area contributed by atoms with Gasteiger partial charge in [0, 0.05) is 24.9 Å². The minimum absolute atomic E-state index is 0.114. The van der Waals surface area contributed by atoms with Crippen molar-refractivity contribution >= 4 is 46.7 Å². The number of ether oxygens (including phenoxy) is 2. The molecule has 13 heteroatoms. The number of nitrogens with zero attached hydrogens (tertiary/aromatic N) is 4. The molecule has 0 bridgehead atoms. The summed E-state index contributed by atoms with van der Waals surface area (Å²) in [7, 11) is 1.45. The first-order valence-corrected chi connectivity index (χ1v) is 13.3. The Morgan fingerprint density at radius 3 is 2.48 bits per heavy atom. The van der Waals surface area contributed by atoms with E-state index in [0.717, 1.165) is 29.3 Å². The van der Waals surface area contributed by atoms with Crippen molar-refractivity contribution in [2.75, 3.05) is 24.7 Å². The van der Waals surface area contributed by atoms with Gasteiger partial charge in [0.25, 0.3) is 11.5 Å². The molecule has 4 rings (SSSR count). The standard InChI is InChI=1S/C27H30Cl2N6O5/c1-27(2,3)40-26(38)34-8-6-5-7-20(34)15-9-16(13-31-12-15)33-24(36)21-23(30)32-14-35(25(21)37)22-18(28)10-17(39-4)11-19(22)29/h9-14,20H,5-8,30H2,1-4H3,(H,33,36)/t20-/m0/s1. The van der Waals surface area contributed by atoms with Gasteiger partial charge < -0.3 is 25.4 Å². The third-order valence-corrected chi connectivity index (χ3v) is 6.80. The zero-order valence-electron chi connectivity index (χ0n) is 22.5. The number of anilines is 2. The molecule has 1 atom stereocenters. The van der Waals surface area contributed by atoms with Crippen LogP contribution >= 0.6 is 23.2 Å². The lowest BCUT2D eigenvalue weighted by Crippen LogP contribution is -2.41. The van der Waals surface area contributed by atoms with Crippen LogP contribution in [0.15, 0.2) is 41.7 Å². The van der Waals surface area contributed by atoms with Crippen LogP contribution in [0.4, 0.5) is 16.3 Å². The fourth-order valence-electron chi connectivity index (χ4n) is 4.45. The van der Waals surface area contributed by atoms with Crippen LogP contribution in [0, 0.1) is 0 Å². The Bertz CT molecular complexity index is 1480. The molecule has 0 spiro atoms. The van der Waals surface area contributed by atoms with Crippen LogP contribution in [-0.4, -0.2) is 50.7 Å². The second-order valence-corrected chi connectivity index (χ2v) is 11.1. The maximum atomic E-state index is 13.4. The number of halogens is 2. The van der Waals surface area contributed by atoms with Gasteiger partial charge in [0.15, 0.2) is 0 Å². The van der Waals surface area contributed by atoms with Gasteiger partial charge in [-0.3, -0.25) is 19.1 Å². The van der Waals surface area contributed by atoms with Crippen molar-refractivity contribution in [3.8, 4) is 11.4 Å². The third kappa shape index (κ3) is 6.31. The molecular formula is C27H30Cl2N6O5. The number of rotatable bonds is 5. The Hall–Kier alpha value is -3.83. The van der Waals surface area contributed by atoms with E-state index in [1.54, 1.807) is 17.2 Å². The number of carbonyl (C=O) groups is 2. The maximum Gasteiger partial charge on any atom is 0.410 e. The number of piperidine rings is 1. The van der Waals surface area contributed by atoms with E-state index in [1.165, 1.54) is 25.4 Å². The van der Waals surface area contributed by atoms with Crippen LogP contribution in [-0.2, 0) is 4.74 Å². The molecule has 3 N–H and O–H groups in total. The van der Waals surface area contributed by atoms with Crippen molar-refractivity contribution in [3.63, 3.8) is 0 Å². The van der Waals surface area contributed by atoms with Gasteiger partial charge >= 0.3 is 6.09 Å². The summed E-state index contributed by atoms with van der Waals surface area (Å²) < 4.78 is 11.8. The van der Waals surface area contributed by atoms with E-state index in [2.05, 4.69) is 15.3 Å². The molecule has 1 aromatic carbocycles. The SMILES string of the molecule is COc1cc(Cl)c(-n2cnc(N)c(C(=O)Nc3cncc([C@@H]4CCCCN4C(=O)OC(C)(C)C)c3)c2=O)c(Cl)c1. The molecule has 1 saturated heterocycles. The fourth-order valence-corrected chi connectivity index (χ4v) is 5.10. The number of nitrogen functional groups attached to an aromatic ring is 1. The van der Waals surface area contributed by atoms with Crippen LogP contribution in [0.5, 0.6) is 5.75 Å². The predicted molar refractivity (Wildman–Crippen MR) is 153 cm³/mol. The minimum atomic E-state index is -0.795. The lowest BCUT2D eigenvalue weighted by Gasteiger charge is -2.37. The second kappa shape index (κ2) is 11.7. The topological polar surface area (TPSA) is 142 Å². The lowest BCUT2D eigenvalue weighted by molar-refractivity contribution is 0.00947. The van der Waals surface area contributed by atoms with Crippen LogP contribution in [0.1, 0.15) is 62.0 Å². The van der Waals surface area contributed by atoms with Gasteiger partial charge in [-0.1, -0.05) is 23.2 Å². The minimum Gasteiger partial charge on any atom is -0.497 e. The van der Waals surface area contributed by atoms with Crippen LogP contribution in [0.2, 0.25) is 10.0 Å². The molecule has 2 amide bonds. The van der Waals surface area contributed by atoms with Crippen molar-refractivity contribution in [3.05, 3.63) is 68.4 Å². The molecule has 1 aliphatic heterocycles. The number of hydrogen-bond acceptors (Lipinski definition) is 8. The summed E-state index contributed by atoms with van der Waals surface area (Å²) in [4.78, 5) is 49.5. The van der Waals surface area contributed by atoms with Gasteiger partial charge in [0.2, 0.25) is 0 Å². The summed E-state index contributed by atoms with van der Waals surface area (Å²) in [6.45, 7) is 5.99. The molecule has 0 saturated carbocycles. The van der Waals surface area contributed by atoms with Gasteiger partial charge in [0.1, 0.15) is 29.1 Å². The van der Waals surface area contributed by atoms with E-state index in [9.17, 15) is 14.4 Å². The fraction of sp³-hybridized carbons (Fsp3) is 0.370. The lowest BCUT2D eigenvalue weighted by atomic mass is 9.96. The van der Waals surface area contributed by atoms with Crippen molar-refractivity contribution in [1.29, 1.82) is 0 Å².